The van der Waals surface area contributed by atoms with E-state index in [0.29, 0.717) is 21.7 Å². The molecule has 0 aliphatic heterocycles. The smallest absolute Gasteiger partial charge is 0.165 e. The van der Waals surface area contributed by atoms with Gasteiger partial charge in [0.15, 0.2) is 5.69 Å². The second-order valence-corrected chi connectivity index (χ2v) is 4.35. The lowest BCUT2D eigenvalue weighted by Gasteiger charge is -2.07. The quantitative estimate of drug-likeness (QED) is 0.893. The van der Waals surface area contributed by atoms with Crippen molar-refractivity contribution in [1.29, 1.82) is 5.26 Å². The minimum atomic E-state index is -0.379. The number of anilines is 3. The van der Waals surface area contributed by atoms with E-state index in [0.717, 1.165) is 0 Å². The van der Waals surface area contributed by atoms with Gasteiger partial charge in [-0.2, -0.15) is 5.26 Å². The highest BCUT2D eigenvalue weighted by Crippen LogP contribution is 2.22. The summed E-state index contributed by atoms with van der Waals surface area (Å²) in [6, 6.07) is 9.68. The molecule has 0 radical (unpaired) electrons. The van der Waals surface area contributed by atoms with E-state index >= 15 is 0 Å². The Morgan fingerprint density at radius 3 is 2.78 bits per heavy atom. The number of aromatic nitrogens is 1. The van der Waals surface area contributed by atoms with Crippen molar-refractivity contribution in [3.05, 3.63) is 46.3 Å². The van der Waals surface area contributed by atoms with Gasteiger partial charge < -0.3 is 11.1 Å². The molecule has 4 nitrogen and oxygen atoms in total. The zero-order valence-electron chi connectivity index (χ0n) is 9.11. The lowest BCUT2D eigenvalue weighted by molar-refractivity contribution is 0.622. The fraction of sp³-hybridized carbons (Fsp3) is 0. The van der Waals surface area contributed by atoms with E-state index in [4.69, 9.17) is 11.0 Å². The van der Waals surface area contributed by atoms with Gasteiger partial charge in [0.05, 0.1) is 10.2 Å². The van der Waals surface area contributed by atoms with Crippen LogP contribution in [0.4, 0.5) is 21.6 Å². The van der Waals surface area contributed by atoms with Crippen molar-refractivity contribution in [3.8, 4) is 6.07 Å². The minimum absolute atomic E-state index is 0.137. The molecule has 0 bridgehead atoms. The van der Waals surface area contributed by atoms with Crippen molar-refractivity contribution in [3.63, 3.8) is 0 Å². The van der Waals surface area contributed by atoms with Gasteiger partial charge in [-0.25, -0.2) is 9.37 Å². The van der Waals surface area contributed by atoms with Crippen LogP contribution in [0.1, 0.15) is 5.69 Å². The second kappa shape index (κ2) is 5.02. The maximum atomic E-state index is 13.3. The summed E-state index contributed by atoms with van der Waals surface area (Å²) in [5, 5.41) is 11.7. The second-order valence-electron chi connectivity index (χ2n) is 3.50. The molecule has 0 fully saturated rings. The Kier molecular flexibility index (Phi) is 3.44. The van der Waals surface area contributed by atoms with E-state index in [1.807, 2.05) is 6.07 Å². The number of hydrogen-bond donors (Lipinski definition) is 2. The summed E-state index contributed by atoms with van der Waals surface area (Å²) in [6.45, 7) is 0. The standard InChI is InChI=1S/C12H8BrFN4/c13-8-2-1-7(5-9(8)14)17-12-4-3-10(16)11(6-15)18-12/h1-5H,16H2,(H,17,18). The summed E-state index contributed by atoms with van der Waals surface area (Å²) in [4.78, 5) is 4.01. The molecule has 6 heteroatoms. The maximum absolute atomic E-state index is 13.3. The predicted octanol–water partition coefficient (Wildman–Crippen LogP) is 3.18. The van der Waals surface area contributed by atoms with Crippen LogP contribution in [0.3, 0.4) is 0 Å². The van der Waals surface area contributed by atoms with E-state index in [9.17, 15) is 4.39 Å². The summed E-state index contributed by atoms with van der Waals surface area (Å²) in [5.74, 6) is 0.0541. The number of nitrogens with zero attached hydrogens (tertiary/aromatic N) is 2. The molecular formula is C12H8BrFN4. The van der Waals surface area contributed by atoms with Crippen LogP contribution in [0.25, 0.3) is 0 Å². The van der Waals surface area contributed by atoms with Gasteiger partial charge in [0.2, 0.25) is 0 Å². The van der Waals surface area contributed by atoms with Crippen LogP contribution in [0.15, 0.2) is 34.8 Å². The van der Waals surface area contributed by atoms with Gasteiger partial charge in [0.1, 0.15) is 17.7 Å². The first-order chi connectivity index (χ1) is 8.60. The molecule has 1 aromatic heterocycles. The third kappa shape index (κ3) is 2.57. The van der Waals surface area contributed by atoms with Crippen molar-refractivity contribution >= 4 is 33.1 Å². The maximum Gasteiger partial charge on any atom is 0.165 e. The van der Waals surface area contributed by atoms with E-state index in [-0.39, 0.29) is 11.5 Å². The van der Waals surface area contributed by atoms with Crippen LogP contribution in [0.2, 0.25) is 0 Å². The van der Waals surface area contributed by atoms with Gasteiger partial charge in [-0.05, 0) is 46.3 Å². The Morgan fingerprint density at radius 1 is 1.33 bits per heavy atom. The van der Waals surface area contributed by atoms with Crippen LogP contribution < -0.4 is 11.1 Å². The number of benzene rings is 1. The molecule has 2 aromatic rings. The molecule has 0 unspecified atom stereocenters. The lowest BCUT2D eigenvalue weighted by Crippen LogP contribution is -1.99. The monoisotopic (exact) mass is 306 g/mol. The zero-order valence-corrected chi connectivity index (χ0v) is 10.7. The molecule has 0 spiro atoms. The number of halogens is 2. The van der Waals surface area contributed by atoms with E-state index in [2.05, 4.69) is 26.2 Å². The zero-order chi connectivity index (χ0) is 13.1. The van der Waals surface area contributed by atoms with Crippen LogP contribution in [0, 0.1) is 17.1 Å². The molecule has 2 rings (SSSR count). The average molecular weight is 307 g/mol. The van der Waals surface area contributed by atoms with Crippen molar-refractivity contribution in [2.45, 2.75) is 0 Å². The van der Waals surface area contributed by atoms with Crippen molar-refractivity contribution in [2.24, 2.45) is 0 Å². The molecule has 3 N–H and O–H groups in total. The number of nitrogen functional groups attached to an aromatic ring is 1. The lowest BCUT2D eigenvalue weighted by atomic mass is 10.3. The first-order valence-electron chi connectivity index (χ1n) is 4.99. The van der Waals surface area contributed by atoms with E-state index < -0.39 is 0 Å². The first-order valence-corrected chi connectivity index (χ1v) is 5.78. The SMILES string of the molecule is N#Cc1nc(Nc2ccc(Br)c(F)c2)ccc1N. The molecule has 0 saturated heterocycles. The number of pyridine rings is 1. The summed E-state index contributed by atoms with van der Waals surface area (Å²) >= 11 is 3.07. The third-order valence-corrected chi connectivity index (χ3v) is 2.87. The highest BCUT2D eigenvalue weighted by Gasteiger charge is 2.04. The van der Waals surface area contributed by atoms with Gasteiger partial charge in [0, 0.05) is 5.69 Å². The topological polar surface area (TPSA) is 74.7 Å². The van der Waals surface area contributed by atoms with Gasteiger partial charge in [-0.15, -0.1) is 0 Å². The van der Waals surface area contributed by atoms with Crippen LogP contribution in [-0.4, -0.2) is 4.98 Å². The number of nitriles is 1. The van der Waals surface area contributed by atoms with Gasteiger partial charge in [-0.3, -0.25) is 0 Å². The molecule has 18 heavy (non-hydrogen) atoms. The van der Waals surface area contributed by atoms with Crippen molar-refractivity contribution in [1.82, 2.24) is 4.98 Å². The molecule has 0 aliphatic rings. The Bertz CT molecular complexity index is 636. The van der Waals surface area contributed by atoms with Crippen LogP contribution >= 0.6 is 15.9 Å². The minimum Gasteiger partial charge on any atom is -0.396 e. The van der Waals surface area contributed by atoms with Crippen molar-refractivity contribution in [2.75, 3.05) is 11.1 Å². The van der Waals surface area contributed by atoms with E-state index in [1.54, 1.807) is 24.3 Å². The molecule has 0 amide bonds. The van der Waals surface area contributed by atoms with Gasteiger partial charge in [-0.1, -0.05) is 0 Å². The third-order valence-electron chi connectivity index (χ3n) is 2.22. The fourth-order valence-electron chi connectivity index (χ4n) is 1.35. The first kappa shape index (κ1) is 12.3. The summed E-state index contributed by atoms with van der Waals surface area (Å²) in [5.41, 5.74) is 6.54. The predicted molar refractivity (Wildman–Crippen MR) is 70.7 cm³/mol. The van der Waals surface area contributed by atoms with E-state index in [1.165, 1.54) is 6.07 Å². The van der Waals surface area contributed by atoms with Gasteiger partial charge in [0.25, 0.3) is 0 Å². The average Bonchev–Trinajstić information content (AvgIpc) is 2.36. The summed E-state index contributed by atoms with van der Waals surface area (Å²) in [6.07, 6.45) is 0. The van der Waals surface area contributed by atoms with Crippen LogP contribution in [-0.2, 0) is 0 Å². The van der Waals surface area contributed by atoms with Crippen molar-refractivity contribution < 1.29 is 4.39 Å². The molecule has 0 atom stereocenters. The van der Waals surface area contributed by atoms with Crippen LogP contribution in [0.5, 0.6) is 0 Å². The Labute approximate surface area is 111 Å². The highest BCUT2D eigenvalue weighted by atomic mass is 79.9. The summed E-state index contributed by atoms with van der Waals surface area (Å²) < 4.78 is 13.7. The number of rotatable bonds is 2. The van der Waals surface area contributed by atoms with Gasteiger partial charge >= 0.3 is 0 Å². The Hall–Kier alpha value is -2.13. The molecule has 1 heterocycles. The number of hydrogen-bond acceptors (Lipinski definition) is 4. The number of nitrogens with one attached hydrogen (secondary N) is 1. The number of nitrogens with two attached hydrogens (primary N) is 1. The fourth-order valence-corrected chi connectivity index (χ4v) is 1.60. The molecule has 0 saturated carbocycles. The molecule has 1 aromatic carbocycles. The molecular weight excluding hydrogens is 299 g/mol. The Balaban J connectivity index is 2.29. The largest absolute Gasteiger partial charge is 0.396 e. The molecule has 0 aliphatic carbocycles. The molecule has 90 valence electrons. The Morgan fingerprint density at radius 2 is 2.11 bits per heavy atom. The summed E-state index contributed by atoms with van der Waals surface area (Å²) in [7, 11) is 0. The normalized spacial score (nSPS) is 9.83. The highest BCUT2D eigenvalue weighted by molar-refractivity contribution is 9.10.